The zero-order valence-corrected chi connectivity index (χ0v) is 17.5. The van der Waals surface area contributed by atoms with Crippen LogP contribution in [0.15, 0.2) is 29.3 Å². The third-order valence-corrected chi connectivity index (χ3v) is 7.41. The average Bonchev–Trinajstić information content (AvgIpc) is 3.03. The Kier molecular flexibility index (Phi) is 6.05. The molecule has 7 nitrogen and oxygen atoms in total. The summed E-state index contributed by atoms with van der Waals surface area (Å²) in [5.41, 5.74) is 0.497. The number of thiazole rings is 1. The summed E-state index contributed by atoms with van der Waals surface area (Å²) in [6.07, 6.45) is 2.29. The van der Waals surface area contributed by atoms with Crippen molar-refractivity contribution in [2.24, 2.45) is 0 Å². The van der Waals surface area contributed by atoms with E-state index >= 15 is 0 Å². The van der Waals surface area contributed by atoms with E-state index in [-0.39, 0.29) is 10.8 Å². The molecule has 1 amide bonds. The van der Waals surface area contributed by atoms with Gasteiger partial charge >= 0.3 is 0 Å². The third-order valence-electron chi connectivity index (χ3n) is 4.42. The topological polar surface area (TPSA) is 82.6 Å². The summed E-state index contributed by atoms with van der Waals surface area (Å²) in [6, 6.07) is 4.76. The fourth-order valence-corrected chi connectivity index (χ4v) is 5.37. The van der Waals surface area contributed by atoms with Crippen LogP contribution in [0.25, 0.3) is 0 Å². The van der Waals surface area contributed by atoms with Crippen LogP contribution in [-0.4, -0.2) is 62.3 Å². The number of benzene rings is 1. The fraction of sp³-hybridized carbons (Fsp3) is 0.412. The number of halogens is 1. The second-order valence-corrected chi connectivity index (χ2v) is 9.64. The fourth-order valence-electron chi connectivity index (χ4n) is 2.83. The molecule has 2 aromatic rings. The Balaban J connectivity index is 1.64. The van der Waals surface area contributed by atoms with Crippen molar-refractivity contribution >= 4 is 44.0 Å². The summed E-state index contributed by atoms with van der Waals surface area (Å²) in [7, 11) is -1.83. The van der Waals surface area contributed by atoms with Gasteiger partial charge in [0.25, 0.3) is 10.0 Å². The van der Waals surface area contributed by atoms with Crippen molar-refractivity contribution in [2.75, 3.05) is 37.9 Å². The molecule has 0 bridgehead atoms. The molecule has 1 aliphatic rings. The number of carbonyl (C=O) groups excluding carboxylic acids is 1. The number of nitrogens with zero attached hydrogens (tertiary/aromatic N) is 3. The Morgan fingerprint density at radius 3 is 2.85 bits per heavy atom. The first-order valence-corrected chi connectivity index (χ1v) is 11.1. The number of piperazine rings is 1. The summed E-state index contributed by atoms with van der Waals surface area (Å²) < 4.78 is 27.7. The second kappa shape index (κ2) is 8.14. The van der Waals surface area contributed by atoms with Crippen molar-refractivity contribution in [2.45, 2.75) is 18.2 Å². The summed E-state index contributed by atoms with van der Waals surface area (Å²) in [4.78, 5) is 21.0. The first kappa shape index (κ1) is 20.1. The minimum atomic E-state index is -3.76. The molecule has 27 heavy (non-hydrogen) atoms. The maximum absolute atomic E-state index is 12.6. The number of anilines is 1. The van der Waals surface area contributed by atoms with Gasteiger partial charge in [0.1, 0.15) is 0 Å². The molecule has 0 saturated carbocycles. The van der Waals surface area contributed by atoms with E-state index < -0.39 is 10.0 Å². The van der Waals surface area contributed by atoms with Crippen molar-refractivity contribution in [3.63, 3.8) is 0 Å². The molecule has 1 N–H and O–H groups in total. The summed E-state index contributed by atoms with van der Waals surface area (Å²) >= 11 is 7.29. The van der Waals surface area contributed by atoms with Crippen molar-refractivity contribution in [1.82, 2.24) is 14.8 Å². The van der Waals surface area contributed by atoms with Gasteiger partial charge in [-0.3, -0.25) is 14.4 Å². The van der Waals surface area contributed by atoms with Gasteiger partial charge in [-0.2, -0.15) is 0 Å². The highest BCUT2D eigenvalue weighted by Crippen LogP contribution is 2.26. The predicted octanol–water partition coefficient (Wildman–Crippen LogP) is 2.22. The van der Waals surface area contributed by atoms with Gasteiger partial charge in [-0.1, -0.05) is 17.7 Å². The largest absolute Gasteiger partial charge is 0.340 e. The number of nitrogens with one attached hydrogen (secondary N) is 1. The summed E-state index contributed by atoms with van der Waals surface area (Å²) in [5.74, 6) is 0.116. The highest BCUT2D eigenvalue weighted by molar-refractivity contribution is 7.93. The van der Waals surface area contributed by atoms with E-state index in [0.717, 1.165) is 11.4 Å². The van der Waals surface area contributed by atoms with Crippen LogP contribution in [0.3, 0.4) is 0 Å². The Bertz CT molecular complexity index is 945. The Morgan fingerprint density at radius 2 is 2.11 bits per heavy atom. The molecule has 0 spiro atoms. The van der Waals surface area contributed by atoms with Gasteiger partial charge in [0.15, 0.2) is 5.13 Å². The van der Waals surface area contributed by atoms with Crippen LogP contribution >= 0.6 is 22.9 Å². The lowest BCUT2D eigenvalue weighted by molar-refractivity contribution is -0.135. The lowest BCUT2D eigenvalue weighted by atomic mass is 10.2. The molecule has 10 heteroatoms. The first-order valence-electron chi connectivity index (χ1n) is 8.45. The van der Waals surface area contributed by atoms with Gasteiger partial charge in [0.2, 0.25) is 5.91 Å². The third kappa shape index (κ3) is 4.78. The zero-order valence-electron chi connectivity index (χ0n) is 15.1. The Hall–Kier alpha value is -1.68. The maximum atomic E-state index is 12.6. The Labute approximate surface area is 168 Å². The van der Waals surface area contributed by atoms with Gasteiger partial charge < -0.3 is 4.90 Å². The predicted molar refractivity (Wildman–Crippen MR) is 107 cm³/mol. The van der Waals surface area contributed by atoms with E-state index in [2.05, 4.69) is 9.71 Å². The molecule has 0 radical (unpaired) electrons. The van der Waals surface area contributed by atoms with Crippen molar-refractivity contribution in [1.29, 1.82) is 0 Å². The van der Waals surface area contributed by atoms with Crippen LogP contribution in [0.5, 0.6) is 0 Å². The lowest BCUT2D eigenvalue weighted by Crippen LogP contribution is -2.49. The molecule has 1 aliphatic heterocycles. The Morgan fingerprint density at radius 1 is 1.33 bits per heavy atom. The molecule has 1 aromatic heterocycles. The van der Waals surface area contributed by atoms with E-state index in [0.29, 0.717) is 41.8 Å². The normalized spacial score (nSPS) is 16.0. The molecule has 2 heterocycles. The van der Waals surface area contributed by atoms with Crippen LogP contribution in [-0.2, 0) is 21.2 Å². The lowest BCUT2D eigenvalue weighted by Gasteiger charge is -2.31. The number of amides is 1. The van der Waals surface area contributed by atoms with Crippen LogP contribution in [0, 0.1) is 6.92 Å². The van der Waals surface area contributed by atoms with Crippen LogP contribution in [0.2, 0.25) is 5.02 Å². The van der Waals surface area contributed by atoms with Crippen molar-refractivity contribution in [3.05, 3.63) is 39.9 Å². The maximum Gasteiger partial charge on any atom is 0.263 e. The van der Waals surface area contributed by atoms with Gasteiger partial charge in [0.05, 0.1) is 11.4 Å². The standard InChI is InChI=1S/C17H21ClN4O3S2/c1-12-14(18)4-3-5-15(12)27(24,25)20-17-19-10-13(26-17)6-7-22-9-8-21(2)11-16(22)23/h3-5,10H,6-9,11H2,1-2H3,(H,19,20). The van der Waals surface area contributed by atoms with Gasteiger partial charge in [0, 0.05) is 42.2 Å². The number of hydrogen-bond donors (Lipinski definition) is 1. The first-order chi connectivity index (χ1) is 12.8. The zero-order chi connectivity index (χ0) is 19.6. The van der Waals surface area contributed by atoms with E-state index in [9.17, 15) is 13.2 Å². The number of aromatic nitrogens is 1. The number of sulfonamides is 1. The molecule has 3 rings (SSSR count). The highest BCUT2D eigenvalue weighted by atomic mass is 35.5. The van der Waals surface area contributed by atoms with E-state index in [1.54, 1.807) is 25.3 Å². The average molecular weight is 429 g/mol. The van der Waals surface area contributed by atoms with E-state index in [4.69, 9.17) is 11.6 Å². The molecule has 1 saturated heterocycles. The number of likely N-dealkylation sites (N-methyl/N-ethyl adjacent to an activating group) is 1. The number of hydrogen-bond acceptors (Lipinski definition) is 6. The van der Waals surface area contributed by atoms with E-state index in [1.807, 2.05) is 16.8 Å². The number of rotatable bonds is 6. The van der Waals surface area contributed by atoms with Gasteiger partial charge in [-0.15, -0.1) is 11.3 Å². The molecular formula is C17H21ClN4O3S2. The smallest absolute Gasteiger partial charge is 0.263 e. The molecular weight excluding hydrogens is 408 g/mol. The molecule has 1 fully saturated rings. The monoisotopic (exact) mass is 428 g/mol. The molecule has 146 valence electrons. The number of carbonyl (C=O) groups is 1. The van der Waals surface area contributed by atoms with Crippen molar-refractivity contribution < 1.29 is 13.2 Å². The minimum absolute atomic E-state index is 0.116. The van der Waals surface area contributed by atoms with Crippen LogP contribution in [0.4, 0.5) is 5.13 Å². The van der Waals surface area contributed by atoms with E-state index in [1.165, 1.54) is 17.4 Å². The van der Waals surface area contributed by atoms with Gasteiger partial charge in [-0.25, -0.2) is 13.4 Å². The minimum Gasteiger partial charge on any atom is -0.340 e. The highest BCUT2D eigenvalue weighted by Gasteiger charge is 2.22. The SMILES string of the molecule is Cc1c(Cl)cccc1S(=O)(=O)Nc1ncc(CCN2CCN(C)CC2=O)s1. The second-order valence-electron chi connectivity index (χ2n) is 6.47. The van der Waals surface area contributed by atoms with Crippen molar-refractivity contribution in [3.8, 4) is 0 Å². The molecule has 0 aliphatic carbocycles. The molecule has 0 unspecified atom stereocenters. The summed E-state index contributed by atoms with van der Waals surface area (Å²) in [6.45, 7) is 4.28. The van der Waals surface area contributed by atoms with Gasteiger partial charge in [-0.05, 0) is 31.7 Å². The summed E-state index contributed by atoms with van der Waals surface area (Å²) in [5, 5.41) is 0.698. The quantitative estimate of drug-likeness (QED) is 0.762. The molecule has 1 aromatic carbocycles. The van der Waals surface area contributed by atoms with Crippen LogP contribution in [0.1, 0.15) is 10.4 Å². The molecule has 0 atom stereocenters. The van der Waals surface area contributed by atoms with Crippen LogP contribution < -0.4 is 4.72 Å².